The number of carbonyl (C=O) groups excluding carboxylic acids is 1. The Morgan fingerprint density at radius 1 is 1.00 bits per heavy atom. The molecule has 2 aromatic heterocycles. The molecule has 39 heavy (non-hydrogen) atoms. The third-order valence-corrected chi connectivity index (χ3v) is 7.17. The van der Waals surface area contributed by atoms with Gasteiger partial charge in [0.25, 0.3) is 0 Å². The highest BCUT2D eigenvalue weighted by Crippen LogP contribution is 2.38. The summed E-state index contributed by atoms with van der Waals surface area (Å²) in [5.41, 5.74) is 4.42. The molecule has 3 N–H and O–H groups in total. The Labute approximate surface area is 227 Å². The van der Waals surface area contributed by atoms with Gasteiger partial charge >= 0.3 is 0 Å². The second kappa shape index (κ2) is 10.7. The molecule has 0 spiro atoms. The van der Waals surface area contributed by atoms with Crippen LogP contribution in [0.3, 0.4) is 0 Å². The number of piperazine rings is 1. The van der Waals surface area contributed by atoms with E-state index in [9.17, 15) is 4.79 Å². The maximum absolute atomic E-state index is 11.8. The van der Waals surface area contributed by atoms with Crippen LogP contribution in [0.1, 0.15) is 6.42 Å². The van der Waals surface area contributed by atoms with Gasteiger partial charge in [-0.3, -0.25) is 4.79 Å². The number of nitrogens with zero attached hydrogens (tertiary/aromatic N) is 5. The summed E-state index contributed by atoms with van der Waals surface area (Å²) in [7, 11) is 2.16. The number of H-pyrrole nitrogens is 1. The maximum atomic E-state index is 11.8. The predicted molar refractivity (Wildman–Crippen MR) is 155 cm³/mol. The van der Waals surface area contributed by atoms with Crippen molar-refractivity contribution >= 4 is 45.6 Å². The molecular formula is C29H32N8O2. The van der Waals surface area contributed by atoms with Gasteiger partial charge in [0.05, 0.1) is 5.69 Å². The van der Waals surface area contributed by atoms with E-state index in [0.29, 0.717) is 28.9 Å². The Kier molecular flexibility index (Phi) is 6.76. The van der Waals surface area contributed by atoms with Crippen LogP contribution >= 0.6 is 0 Å². The quantitative estimate of drug-likeness (QED) is 0.288. The number of aromatic amines is 1. The lowest BCUT2D eigenvalue weighted by molar-refractivity contribution is -0.111. The normalized spacial score (nSPS) is 15.6. The molecule has 6 rings (SSSR count). The number of carbonyl (C=O) groups is 1. The molecule has 0 atom stereocenters. The highest BCUT2D eigenvalue weighted by Gasteiger charge is 2.23. The zero-order chi connectivity index (χ0) is 26.8. The average molecular weight is 525 g/mol. The van der Waals surface area contributed by atoms with Crippen molar-refractivity contribution in [2.24, 2.45) is 0 Å². The largest absolute Gasteiger partial charge is 0.438 e. The molecule has 0 saturated carbocycles. The van der Waals surface area contributed by atoms with Crippen LogP contribution in [0.15, 0.2) is 67.4 Å². The first-order valence-electron chi connectivity index (χ1n) is 13.2. The molecule has 2 saturated heterocycles. The van der Waals surface area contributed by atoms with E-state index >= 15 is 0 Å². The van der Waals surface area contributed by atoms with Crippen molar-refractivity contribution in [2.75, 3.05) is 66.7 Å². The molecule has 2 fully saturated rings. The van der Waals surface area contributed by atoms with Gasteiger partial charge in [0, 0.05) is 68.6 Å². The molecule has 0 bridgehead atoms. The summed E-state index contributed by atoms with van der Waals surface area (Å²) >= 11 is 0. The predicted octanol–water partition coefficient (Wildman–Crippen LogP) is 4.58. The topological polar surface area (TPSA) is 102 Å². The molecule has 2 aliphatic heterocycles. The van der Waals surface area contributed by atoms with Crippen molar-refractivity contribution in [1.82, 2.24) is 19.9 Å². The van der Waals surface area contributed by atoms with Gasteiger partial charge in [-0.05, 0) is 55.9 Å². The standard InChI is InChI=1S/C29H32N8O2/c1-3-25(38)31-21-6-4-7-23(18-21)39-28-26-24(37-12-5-13-37)19-30-27(26)33-29(34-28)32-20-8-10-22(11-9-20)36-16-14-35(2)15-17-36/h3-4,6-11,18-19H,1,5,12-17H2,2H3,(H,31,38)(H2,30,32,33,34). The fourth-order valence-corrected chi connectivity index (χ4v) is 4.81. The number of anilines is 5. The van der Waals surface area contributed by atoms with Crippen LogP contribution < -0.4 is 25.2 Å². The highest BCUT2D eigenvalue weighted by atomic mass is 16.5. The second-order valence-electron chi connectivity index (χ2n) is 9.88. The molecule has 4 aromatic rings. The summed E-state index contributed by atoms with van der Waals surface area (Å²) in [6.07, 6.45) is 4.34. The lowest BCUT2D eigenvalue weighted by Gasteiger charge is -2.34. The van der Waals surface area contributed by atoms with Crippen molar-refractivity contribution < 1.29 is 9.53 Å². The first-order valence-corrected chi connectivity index (χ1v) is 13.2. The zero-order valence-electron chi connectivity index (χ0n) is 22.0. The van der Waals surface area contributed by atoms with Crippen LogP contribution in [0.25, 0.3) is 11.0 Å². The third-order valence-electron chi connectivity index (χ3n) is 7.17. The molecule has 0 aliphatic carbocycles. The molecule has 1 amide bonds. The van der Waals surface area contributed by atoms with Crippen molar-refractivity contribution in [3.05, 3.63) is 67.4 Å². The number of aromatic nitrogens is 3. The Morgan fingerprint density at radius 2 is 1.79 bits per heavy atom. The first kappa shape index (κ1) is 24.7. The lowest BCUT2D eigenvalue weighted by Crippen LogP contribution is -2.44. The smallest absolute Gasteiger partial charge is 0.247 e. The number of benzene rings is 2. The summed E-state index contributed by atoms with van der Waals surface area (Å²) < 4.78 is 6.33. The van der Waals surface area contributed by atoms with E-state index < -0.39 is 0 Å². The SMILES string of the molecule is C=CC(=O)Nc1cccc(Oc2nc(Nc3ccc(N4CCN(C)CC4)cc3)nc3[nH]cc(N4CCC4)c23)c1. The van der Waals surface area contributed by atoms with Gasteiger partial charge in [-0.15, -0.1) is 0 Å². The van der Waals surface area contributed by atoms with Crippen molar-refractivity contribution in [3.8, 4) is 11.6 Å². The zero-order valence-corrected chi connectivity index (χ0v) is 22.0. The van der Waals surface area contributed by atoms with Gasteiger partial charge in [0.2, 0.25) is 17.7 Å². The van der Waals surface area contributed by atoms with Crippen LogP contribution in [-0.2, 0) is 4.79 Å². The van der Waals surface area contributed by atoms with Crippen molar-refractivity contribution in [2.45, 2.75) is 6.42 Å². The summed E-state index contributed by atoms with van der Waals surface area (Å²) in [5, 5.41) is 6.94. The van der Waals surface area contributed by atoms with Gasteiger partial charge in [0.1, 0.15) is 16.8 Å². The molecule has 2 aliphatic rings. The Balaban J connectivity index is 1.28. The molecule has 0 unspecified atom stereocenters. The number of amides is 1. The van der Waals surface area contributed by atoms with E-state index in [1.807, 2.05) is 30.5 Å². The van der Waals surface area contributed by atoms with E-state index in [0.717, 1.165) is 62.5 Å². The minimum atomic E-state index is -0.285. The number of nitrogens with one attached hydrogen (secondary N) is 3. The van der Waals surface area contributed by atoms with Gasteiger partial charge in [-0.1, -0.05) is 12.6 Å². The van der Waals surface area contributed by atoms with Gasteiger partial charge in [-0.25, -0.2) is 0 Å². The third kappa shape index (κ3) is 5.37. The summed E-state index contributed by atoms with van der Waals surface area (Å²) in [6.45, 7) is 9.65. The average Bonchev–Trinajstić information content (AvgIpc) is 3.32. The highest BCUT2D eigenvalue weighted by molar-refractivity contribution is 5.99. The second-order valence-corrected chi connectivity index (χ2v) is 9.88. The molecule has 200 valence electrons. The minimum Gasteiger partial charge on any atom is -0.438 e. The Hall–Kier alpha value is -4.57. The number of fused-ring (bicyclic) bond motifs is 1. The van der Waals surface area contributed by atoms with Gasteiger partial charge < -0.3 is 35.1 Å². The fourth-order valence-electron chi connectivity index (χ4n) is 4.81. The lowest BCUT2D eigenvalue weighted by atomic mass is 10.2. The van der Waals surface area contributed by atoms with E-state index in [4.69, 9.17) is 14.7 Å². The molecule has 0 radical (unpaired) electrons. The summed E-state index contributed by atoms with van der Waals surface area (Å²) in [4.78, 5) is 31.6. The monoisotopic (exact) mass is 524 g/mol. The molecule has 10 nitrogen and oxygen atoms in total. The molecule has 10 heteroatoms. The van der Waals surface area contributed by atoms with E-state index in [-0.39, 0.29) is 5.91 Å². The van der Waals surface area contributed by atoms with Crippen LogP contribution in [0.4, 0.5) is 28.7 Å². The number of rotatable bonds is 8. The molecule has 2 aromatic carbocycles. The number of likely N-dealkylation sites (N-methyl/N-ethyl adjacent to an activating group) is 1. The molecule has 4 heterocycles. The van der Waals surface area contributed by atoms with Crippen molar-refractivity contribution in [3.63, 3.8) is 0 Å². The van der Waals surface area contributed by atoms with Crippen LogP contribution in [-0.4, -0.2) is 72.1 Å². The molecular weight excluding hydrogens is 492 g/mol. The maximum Gasteiger partial charge on any atom is 0.247 e. The number of hydrogen-bond acceptors (Lipinski definition) is 8. The minimum absolute atomic E-state index is 0.285. The van der Waals surface area contributed by atoms with E-state index in [1.165, 1.54) is 11.8 Å². The summed E-state index contributed by atoms with van der Waals surface area (Å²) in [6, 6.07) is 15.6. The van der Waals surface area contributed by atoms with Gasteiger partial charge in [0.15, 0.2) is 0 Å². The van der Waals surface area contributed by atoms with Crippen LogP contribution in [0.2, 0.25) is 0 Å². The van der Waals surface area contributed by atoms with E-state index in [1.54, 1.807) is 12.1 Å². The Bertz CT molecular complexity index is 1490. The number of ether oxygens (including phenoxy) is 1. The Morgan fingerprint density at radius 3 is 2.51 bits per heavy atom. The van der Waals surface area contributed by atoms with Crippen LogP contribution in [0.5, 0.6) is 11.6 Å². The van der Waals surface area contributed by atoms with Gasteiger partial charge in [-0.2, -0.15) is 9.97 Å². The first-order chi connectivity index (χ1) is 19.1. The fraction of sp³-hybridized carbons (Fsp3) is 0.276. The van der Waals surface area contributed by atoms with E-state index in [2.05, 4.69) is 56.1 Å². The van der Waals surface area contributed by atoms with Crippen LogP contribution in [0, 0.1) is 0 Å². The number of hydrogen-bond donors (Lipinski definition) is 3. The van der Waals surface area contributed by atoms with Crippen molar-refractivity contribution in [1.29, 1.82) is 0 Å². The summed E-state index contributed by atoms with van der Waals surface area (Å²) in [5.74, 6) is 1.13.